The molecule has 0 saturated heterocycles. The number of carbonyl (C=O) groups excluding carboxylic acids is 1. The van der Waals surface area contributed by atoms with Crippen LogP contribution in [0.2, 0.25) is 0 Å². The monoisotopic (exact) mass is 170 g/mol. The van der Waals surface area contributed by atoms with Gasteiger partial charge in [-0.15, -0.1) is 0 Å². The van der Waals surface area contributed by atoms with Crippen LogP contribution in [0.4, 0.5) is 0 Å². The molecule has 2 rings (SSSR count). The van der Waals surface area contributed by atoms with E-state index in [1.165, 1.54) is 0 Å². The lowest BCUT2D eigenvalue weighted by Gasteiger charge is -2.00. The van der Waals surface area contributed by atoms with Crippen LogP contribution in [-0.2, 0) is 19.3 Å². The Morgan fingerprint density at radius 2 is 2.42 bits per heavy atom. The van der Waals surface area contributed by atoms with E-state index in [1.54, 1.807) is 13.0 Å². The quantitative estimate of drug-likeness (QED) is 0.460. The van der Waals surface area contributed by atoms with Crippen LogP contribution in [0.1, 0.15) is 19.8 Å². The SMILES string of the molecule is CC1C=C(OC(=O)C2CC2)OO1. The molecule has 1 aliphatic carbocycles. The van der Waals surface area contributed by atoms with Gasteiger partial charge in [0.05, 0.1) is 5.92 Å². The molecule has 1 aliphatic heterocycles. The van der Waals surface area contributed by atoms with Crippen LogP contribution in [-0.4, -0.2) is 12.1 Å². The van der Waals surface area contributed by atoms with E-state index in [4.69, 9.17) is 9.62 Å². The number of carbonyl (C=O) groups is 1. The summed E-state index contributed by atoms with van der Waals surface area (Å²) in [5, 5.41) is 0. The molecule has 0 amide bonds. The van der Waals surface area contributed by atoms with Crippen LogP contribution < -0.4 is 0 Å². The molecule has 1 heterocycles. The van der Waals surface area contributed by atoms with E-state index in [0.717, 1.165) is 12.8 Å². The smallest absolute Gasteiger partial charge is 0.323 e. The molecule has 0 N–H and O–H groups in total. The third kappa shape index (κ3) is 1.58. The maximum atomic E-state index is 11.1. The van der Waals surface area contributed by atoms with Crippen molar-refractivity contribution in [1.82, 2.24) is 0 Å². The average Bonchev–Trinajstić information content (AvgIpc) is 2.78. The topological polar surface area (TPSA) is 44.8 Å². The molecule has 12 heavy (non-hydrogen) atoms. The molecular weight excluding hydrogens is 160 g/mol. The fraction of sp³-hybridized carbons (Fsp3) is 0.625. The zero-order chi connectivity index (χ0) is 8.55. The van der Waals surface area contributed by atoms with Gasteiger partial charge < -0.3 is 4.74 Å². The lowest BCUT2D eigenvalue weighted by molar-refractivity contribution is -0.282. The Kier molecular flexibility index (Phi) is 1.77. The van der Waals surface area contributed by atoms with Crippen LogP contribution in [0, 0.1) is 5.92 Å². The lowest BCUT2D eigenvalue weighted by atomic mass is 10.4. The molecule has 4 heteroatoms. The summed E-state index contributed by atoms with van der Waals surface area (Å²) in [5.41, 5.74) is 0. The third-order valence-electron chi connectivity index (χ3n) is 1.76. The number of ether oxygens (including phenoxy) is 1. The number of hydrogen-bond acceptors (Lipinski definition) is 4. The van der Waals surface area contributed by atoms with Crippen LogP contribution in [0.3, 0.4) is 0 Å². The molecule has 2 aliphatic rings. The van der Waals surface area contributed by atoms with Gasteiger partial charge in [0.15, 0.2) is 0 Å². The van der Waals surface area contributed by atoms with Crippen molar-refractivity contribution in [2.45, 2.75) is 25.9 Å². The molecule has 0 spiro atoms. The normalized spacial score (nSPS) is 27.8. The van der Waals surface area contributed by atoms with Crippen molar-refractivity contribution in [3.63, 3.8) is 0 Å². The van der Waals surface area contributed by atoms with Gasteiger partial charge in [0.1, 0.15) is 6.10 Å². The van der Waals surface area contributed by atoms with Crippen LogP contribution >= 0.6 is 0 Å². The number of esters is 1. The minimum atomic E-state index is -0.209. The van der Waals surface area contributed by atoms with Crippen molar-refractivity contribution in [2.75, 3.05) is 0 Å². The van der Waals surface area contributed by atoms with Gasteiger partial charge in [-0.05, 0) is 19.8 Å². The van der Waals surface area contributed by atoms with Crippen molar-refractivity contribution in [2.24, 2.45) is 5.92 Å². The maximum absolute atomic E-state index is 11.1. The first-order valence-corrected chi connectivity index (χ1v) is 4.02. The Labute approximate surface area is 70.0 Å². The summed E-state index contributed by atoms with van der Waals surface area (Å²) in [6, 6.07) is 0. The summed E-state index contributed by atoms with van der Waals surface area (Å²) >= 11 is 0. The van der Waals surface area contributed by atoms with Gasteiger partial charge in [0, 0.05) is 6.08 Å². The first-order valence-electron chi connectivity index (χ1n) is 4.02. The highest BCUT2D eigenvalue weighted by atomic mass is 17.2. The molecule has 1 atom stereocenters. The second-order valence-electron chi connectivity index (χ2n) is 3.07. The second-order valence-corrected chi connectivity index (χ2v) is 3.07. The fourth-order valence-corrected chi connectivity index (χ4v) is 0.923. The van der Waals surface area contributed by atoms with Crippen molar-refractivity contribution >= 4 is 5.97 Å². The van der Waals surface area contributed by atoms with Crippen LogP contribution in [0.25, 0.3) is 0 Å². The van der Waals surface area contributed by atoms with E-state index < -0.39 is 0 Å². The number of rotatable bonds is 2. The summed E-state index contributed by atoms with van der Waals surface area (Å²) in [6.45, 7) is 1.80. The van der Waals surface area contributed by atoms with E-state index in [0.29, 0.717) is 0 Å². The fourth-order valence-electron chi connectivity index (χ4n) is 0.923. The molecule has 0 radical (unpaired) electrons. The zero-order valence-electron chi connectivity index (χ0n) is 6.78. The molecule has 66 valence electrons. The summed E-state index contributed by atoms with van der Waals surface area (Å²) < 4.78 is 4.88. The molecular formula is C8H10O4. The minimum absolute atomic E-state index is 0.0883. The maximum Gasteiger partial charge on any atom is 0.323 e. The van der Waals surface area contributed by atoms with Gasteiger partial charge in [-0.2, -0.15) is 4.89 Å². The first-order chi connectivity index (χ1) is 5.75. The third-order valence-corrected chi connectivity index (χ3v) is 1.76. The Morgan fingerprint density at radius 3 is 2.92 bits per heavy atom. The van der Waals surface area contributed by atoms with Crippen molar-refractivity contribution in [3.05, 3.63) is 12.0 Å². The summed E-state index contributed by atoms with van der Waals surface area (Å²) in [6.07, 6.45) is 3.36. The summed E-state index contributed by atoms with van der Waals surface area (Å²) in [7, 11) is 0. The molecule has 1 unspecified atom stereocenters. The highest BCUT2D eigenvalue weighted by molar-refractivity contribution is 5.75. The van der Waals surface area contributed by atoms with Gasteiger partial charge >= 0.3 is 11.9 Å². The predicted molar refractivity (Wildman–Crippen MR) is 38.5 cm³/mol. The van der Waals surface area contributed by atoms with Gasteiger partial charge in [0.25, 0.3) is 0 Å². The van der Waals surface area contributed by atoms with E-state index in [2.05, 4.69) is 4.89 Å². The van der Waals surface area contributed by atoms with Gasteiger partial charge in [-0.1, -0.05) is 0 Å². The molecule has 1 saturated carbocycles. The van der Waals surface area contributed by atoms with Crippen LogP contribution in [0.5, 0.6) is 0 Å². The highest BCUT2D eigenvalue weighted by Crippen LogP contribution is 2.31. The van der Waals surface area contributed by atoms with E-state index in [1.807, 2.05) is 0 Å². The first kappa shape index (κ1) is 7.61. The minimum Gasteiger partial charge on any atom is -0.391 e. The summed E-state index contributed by atoms with van der Waals surface area (Å²) in [4.78, 5) is 20.4. The van der Waals surface area contributed by atoms with E-state index in [-0.39, 0.29) is 23.9 Å². The molecule has 4 nitrogen and oxygen atoms in total. The molecule has 0 aromatic carbocycles. The van der Waals surface area contributed by atoms with Gasteiger partial charge in [0.2, 0.25) is 0 Å². The van der Waals surface area contributed by atoms with Gasteiger partial charge in [-0.3, -0.25) is 9.68 Å². The van der Waals surface area contributed by atoms with Gasteiger partial charge in [-0.25, -0.2) is 0 Å². The predicted octanol–water partition coefficient (Wildman–Crippen LogP) is 1.13. The molecule has 0 bridgehead atoms. The van der Waals surface area contributed by atoms with Crippen LogP contribution in [0.15, 0.2) is 12.0 Å². The Balaban J connectivity index is 1.86. The standard InChI is InChI=1S/C8H10O4/c1-5-4-7(12-11-5)10-8(9)6-2-3-6/h4-6H,2-3H2,1H3. The van der Waals surface area contributed by atoms with Crippen molar-refractivity contribution in [1.29, 1.82) is 0 Å². The zero-order valence-corrected chi connectivity index (χ0v) is 6.78. The Bertz CT molecular complexity index is 229. The Morgan fingerprint density at radius 1 is 1.67 bits per heavy atom. The Hall–Kier alpha value is -1.03. The lowest BCUT2D eigenvalue weighted by Crippen LogP contribution is -2.06. The average molecular weight is 170 g/mol. The molecule has 0 aromatic heterocycles. The van der Waals surface area contributed by atoms with Crippen molar-refractivity contribution < 1.29 is 19.3 Å². The van der Waals surface area contributed by atoms with E-state index in [9.17, 15) is 4.79 Å². The largest absolute Gasteiger partial charge is 0.391 e. The number of hydrogen-bond donors (Lipinski definition) is 0. The summed E-state index contributed by atoms with van der Waals surface area (Å²) in [5.74, 6) is 0.0590. The van der Waals surface area contributed by atoms with Crippen molar-refractivity contribution in [3.8, 4) is 0 Å². The highest BCUT2D eigenvalue weighted by Gasteiger charge is 2.33. The second kappa shape index (κ2) is 2.79. The van der Waals surface area contributed by atoms with E-state index >= 15 is 0 Å². The molecule has 1 fully saturated rings. The molecule has 0 aromatic rings.